The largest absolute Gasteiger partial charge is 0.359 e. The SMILES string of the molecule is CCNc1ncc(S(=O)(=O)NCC(C)(C)C(=O)NC)cn1. The highest BCUT2D eigenvalue weighted by Gasteiger charge is 2.29. The van der Waals surface area contributed by atoms with Gasteiger partial charge in [0.05, 0.1) is 17.8 Å². The smallest absolute Gasteiger partial charge is 0.243 e. The number of sulfonamides is 1. The van der Waals surface area contributed by atoms with Crippen molar-refractivity contribution in [3.8, 4) is 0 Å². The summed E-state index contributed by atoms with van der Waals surface area (Å²) in [6.07, 6.45) is 2.44. The molecule has 1 aromatic heterocycles. The molecule has 21 heavy (non-hydrogen) atoms. The first-order chi connectivity index (χ1) is 9.73. The monoisotopic (exact) mass is 315 g/mol. The summed E-state index contributed by atoms with van der Waals surface area (Å²) in [6, 6.07) is 0. The Labute approximate surface area is 124 Å². The molecular formula is C12H21N5O3S. The fourth-order valence-electron chi connectivity index (χ4n) is 1.48. The van der Waals surface area contributed by atoms with Crippen LogP contribution in [0.15, 0.2) is 17.3 Å². The van der Waals surface area contributed by atoms with E-state index in [2.05, 4.69) is 25.3 Å². The maximum absolute atomic E-state index is 12.1. The minimum atomic E-state index is -3.75. The first-order valence-electron chi connectivity index (χ1n) is 6.50. The molecule has 9 heteroatoms. The summed E-state index contributed by atoms with van der Waals surface area (Å²) in [4.78, 5) is 19.4. The molecule has 0 unspecified atom stereocenters. The summed E-state index contributed by atoms with van der Waals surface area (Å²) in [5.41, 5.74) is -0.855. The van der Waals surface area contributed by atoms with Gasteiger partial charge in [0.15, 0.2) is 0 Å². The Balaban J connectivity index is 2.80. The molecule has 0 bridgehead atoms. The van der Waals surface area contributed by atoms with Gasteiger partial charge >= 0.3 is 0 Å². The Morgan fingerprint density at radius 2 is 1.86 bits per heavy atom. The molecule has 1 amide bonds. The summed E-state index contributed by atoms with van der Waals surface area (Å²) < 4.78 is 26.6. The molecule has 0 atom stereocenters. The molecule has 0 fully saturated rings. The number of carbonyl (C=O) groups is 1. The third-order valence-electron chi connectivity index (χ3n) is 2.82. The zero-order valence-corrected chi connectivity index (χ0v) is 13.4. The van der Waals surface area contributed by atoms with E-state index in [9.17, 15) is 13.2 Å². The van der Waals surface area contributed by atoms with Gasteiger partial charge in [0.1, 0.15) is 4.90 Å². The number of aromatic nitrogens is 2. The van der Waals surface area contributed by atoms with E-state index in [1.165, 1.54) is 19.4 Å². The number of nitrogens with zero attached hydrogens (tertiary/aromatic N) is 2. The molecular weight excluding hydrogens is 294 g/mol. The normalized spacial score (nSPS) is 12.0. The highest BCUT2D eigenvalue weighted by atomic mass is 32.2. The van der Waals surface area contributed by atoms with Crippen molar-refractivity contribution in [2.75, 3.05) is 25.5 Å². The minimum absolute atomic E-state index is 0.0238. The van der Waals surface area contributed by atoms with Crippen molar-refractivity contribution in [1.82, 2.24) is 20.0 Å². The minimum Gasteiger partial charge on any atom is -0.359 e. The van der Waals surface area contributed by atoms with E-state index >= 15 is 0 Å². The van der Waals surface area contributed by atoms with Gasteiger partial charge in [0, 0.05) is 20.1 Å². The van der Waals surface area contributed by atoms with E-state index in [1.807, 2.05) is 6.92 Å². The Hall–Kier alpha value is -1.74. The van der Waals surface area contributed by atoms with Crippen LogP contribution in [0, 0.1) is 5.41 Å². The van der Waals surface area contributed by atoms with Gasteiger partial charge in [-0.3, -0.25) is 4.79 Å². The number of amides is 1. The molecule has 0 aliphatic heterocycles. The van der Waals surface area contributed by atoms with Gasteiger partial charge in [-0.05, 0) is 20.8 Å². The Morgan fingerprint density at radius 3 is 2.33 bits per heavy atom. The Kier molecular flexibility index (Phi) is 5.62. The van der Waals surface area contributed by atoms with E-state index in [4.69, 9.17) is 0 Å². The van der Waals surface area contributed by atoms with Crippen LogP contribution in [-0.2, 0) is 14.8 Å². The van der Waals surface area contributed by atoms with E-state index in [-0.39, 0.29) is 17.3 Å². The third-order valence-corrected chi connectivity index (χ3v) is 4.18. The van der Waals surface area contributed by atoms with Gasteiger partial charge in [-0.1, -0.05) is 0 Å². The number of anilines is 1. The van der Waals surface area contributed by atoms with Crippen LogP contribution in [0.3, 0.4) is 0 Å². The molecule has 1 rings (SSSR count). The average molecular weight is 315 g/mol. The molecule has 1 aromatic rings. The van der Waals surface area contributed by atoms with Gasteiger partial charge in [-0.2, -0.15) is 0 Å². The van der Waals surface area contributed by atoms with Crippen molar-refractivity contribution in [3.63, 3.8) is 0 Å². The number of nitrogens with one attached hydrogen (secondary N) is 3. The van der Waals surface area contributed by atoms with Gasteiger partial charge < -0.3 is 10.6 Å². The predicted octanol–water partition coefficient (Wildman–Crippen LogP) is -0.0411. The molecule has 0 saturated carbocycles. The standard InChI is InChI=1S/C12H21N5O3S/c1-5-14-11-15-6-9(7-16-11)21(19,20)17-8-12(2,3)10(18)13-4/h6-7,17H,5,8H2,1-4H3,(H,13,18)(H,14,15,16). The second-order valence-electron chi connectivity index (χ2n) is 5.06. The molecule has 0 saturated heterocycles. The maximum atomic E-state index is 12.1. The highest BCUT2D eigenvalue weighted by molar-refractivity contribution is 7.89. The second-order valence-corrected chi connectivity index (χ2v) is 6.83. The number of hydrogen-bond donors (Lipinski definition) is 3. The lowest BCUT2D eigenvalue weighted by Crippen LogP contribution is -2.43. The van der Waals surface area contributed by atoms with Crippen molar-refractivity contribution < 1.29 is 13.2 Å². The van der Waals surface area contributed by atoms with E-state index < -0.39 is 15.4 Å². The topological polar surface area (TPSA) is 113 Å². The lowest BCUT2D eigenvalue weighted by atomic mass is 9.93. The summed E-state index contributed by atoms with van der Waals surface area (Å²) in [7, 11) is -2.24. The highest BCUT2D eigenvalue weighted by Crippen LogP contribution is 2.15. The fourth-order valence-corrected chi connectivity index (χ4v) is 2.58. The molecule has 0 radical (unpaired) electrons. The summed E-state index contributed by atoms with van der Waals surface area (Å²) >= 11 is 0. The lowest BCUT2D eigenvalue weighted by Gasteiger charge is -2.22. The van der Waals surface area contributed by atoms with Crippen LogP contribution in [-0.4, -0.2) is 44.4 Å². The van der Waals surface area contributed by atoms with Gasteiger partial charge in [0.2, 0.25) is 21.9 Å². The fraction of sp³-hybridized carbons (Fsp3) is 0.583. The quantitative estimate of drug-likeness (QED) is 0.650. The first kappa shape index (κ1) is 17.3. The van der Waals surface area contributed by atoms with Crippen molar-refractivity contribution in [3.05, 3.63) is 12.4 Å². The third kappa shape index (κ3) is 4.64. The zero-order chi connectivity index (χ0) is 16.1. The average Bonchev–Trinajstić information content (AvgIpc) is 2.45. The number of carbonyl (C=O) groups excluding carboxylic acids is 1. The van der Waals surface area contributed by atoms with Crippen LogP contribution in [0.2, 0.25) is 0 Å². The van der Waals surface area contributed by atoms with E-state index in [0.717, 1.165) is 0 Å². The van der Waals surface area contributed by atoms with Crippen molar-refractivity contribution in [2.24, 2.45) is 5.41 Å². The van der Waals surface area contributed by atoms with Gasteiger partial charge in [0.25, 0.3) is 0 Å². The molecule has 0 spiro atoms. The Bertz CT molecular complexity index is 583. The lowest BCUT2D eigenvalue weighted by molar-refractivity contribution is -0.128. The van der Waals surface area contributed by atoms with Crippen LogP contribution in [0.4, 0.5) is 5.95 Å². The second kappa shape index (κ2) is 6.81. The molecule has 8 nitrogen and oxygen atoms in total. The molecule has 1 heterocycles. The van der Waals surface area contributed by atoms with E-state index in [0.29, 0.717) is 12.5 Å². The van der Waals surface area contributed by atoms with Crippen LogP contribution < -0.4 is 15.4 Å². The molecule has 0 aliphatic rings. The summed E-state index contributed by atoms with van der Waals surface area (Å²) in [6.45, 7) is 5.81. The number of hydrogen-bond acceptors (Lipinski definition) is 6. The molecule has 118 valence electrons. The number of rotatable bonds is 7. The van der Waals surface area contributed by atoms with Crippen molar-refractivity contribution >= 4 is 21.9 Å². The van der Waals surface area contributed by atoms with Crippen LogP contribution in [0.25, 0.3) is 0 Å². The van der Waals surface area contributed by atoms with Crippen LogP contribution in [0.1, 0.15) is 20.8 Å². The van der Waals surface area contributed by atoms with Gasteiger partial charge in [-0.25, -0.2) is 23.1 Å². The van der Waals surface area contributed by atoms with Crippen molar-refractivity contribution in [1.29, 1.82) is 0 Å². The summed E-state index contributed by atoms with van der Waals surface area (Å²) in [5.74, 6) is 0.117. The maximum Gasteiger partial charge on any atom is 0.243 e. The van der Waals surface area contributed by atoms with Crippen molar-refractivity contribution in [2.45, 2.75) is 25.7 Å². The predicted molar refractivity (Wildman–Crippen MR) is 79.2 cm³/mol. The first-order valence-corrected chi connectivity index (χ1v) is 7.99. The zero-order valence-electron chi connectivity index (χ0n) is 12.6. The van der Waals surface area contributed by atoms with Gasteiger partial charge in [-0.15, -0.1) is 0 Å². The van der Waals surface area contributed by atoms with E-state index in [1.54, 1.807) is 13.8 Å². The summed E-state index contributed by atoms with van der Waals surface area (Å²) in [5, 5.41) is 5.37. The van der Waals surface area contributed by atoms with Crippen LogP contribution in [0.5, 0.6) is 0 Å². The Morgan fingerprint density at radius 1 is 1.29 bits per heavy atom. The molecule has 3 N–H and O–H groups in total. The van der Waals surface area contributed by atoms with Crippen LogP contribution >= 0.6 is 0 Å². The molecule has 0 aromatic carbocycles. The molecule has 0 aliphatic carbocycles.